The highest BCUT2D eigenvalue weighted by atomic mass is 19.1. The molecule has 0 aliphatic carbocycles. The Morgan fingerprint density at radius 2 is 2.29 bits per heavy atom. The molecule has 0 aromatic heterocycles. The van der Waals surface area contributed by atoms with Crippen molar-refractivity contribution in [1.82, 2.24) is 0 Å². The van der Waals surface area contributed by atoms with Gasteiger partial charge >= 0.3 is 0 Å². The van der Waals surface area contributed by atoms with Crippen LogP contribution in [0.15, 0.2) is 18.2 Å². The molecule has 5 heteroatoms. The highest BCUT2D eigenvalue weighted by Crippen LogP contribution is 2.28. The maximum absolute atomic E-state index is 13.0. The summed E-state index contributed by atoms with van der Waals surface area (Å²) in [6, 6.07) is 4.34. The first-order chi connectivity index (χ1) is 8.07. The van der Waals surface area contributed by atoms with Gasteiger partial charge in [0.25, 0.3) is 0 Å². The summed E-state index contributed by atoms with van der Waals surface area (Å²) in [5.74, 6) is -0.607. The molecule has 92 valence electrons. The van der Waals surface area contributed by atoms with Crippen molar-refractivity contribution >= 4 is 11.6 Å². The third-order valence-electron chi connectivity index (χ3n) is 2.96. The summed E-state index contributed by atoms with van der Waals surface area (Å²) >= 11 is 0. The van der Waals surface area contributed by atoms with E-state index in [1.165, 1.54) is 12.1 Å². The summed E-state index contributed by atoms with van der Waals surface area (Å²) < 4.78 is 18.0. The van der Waals surface area contributed by atoms with E-state index < -0.39 is 5.41 Å². The Balaban J connectivity index is 2.10. The largest absolute Gasteiger partial charge is 0.395 e. The third-order valence-corrected chi connectivity index (χ3v) is 2.96. The van der Waals surface area contributed by atoms with Gasteiger partial charge in [-0.3, -0.25) is 4.79 Å². The van der Waals surface area contributed by atoms with Crippen LogP contribution in [-0.4, -0.2) is 30.8 Å². The number of anilines is 1. The predicted molar refractivity (Wildman–Crippen MR) is 60.1 cm³/mol. The monoisotopic (exact) mass is 239 g/mol. The van der Waals surface area contributed by atoms with E-state index in [1.807, 2.05) is 0 Å². The van der Waals surface area contributed by atoms with Gasteiger partial charge in [-0.05, 0) is 30.7 Å². The minimum absolute atomic E-state index is 0.218. The van der Waals surface area contributed by atoms with Gasteiger partial charge in [0, 0.05) is 5.69 Å². The first-order valence-corrected chi connectivity index (χ1v) is 5.34. The van der Waals surface area contributed by atoms with Crippen molar-refractivity contribution in [3.05, 3.63) is 29.6 Å². The number of amides is 1. The van der Waals surface area contributed by atoms with E-state index in [9.17, 15) is 14.3 Å². The van der Waals surface area contributed by atoms with Gasteiger partial charge in [-0.15, -0.1) is 0 Å². The van der Waals surface area contributed by atoms with E-state index in [0.29, 0.717) is 11.3 Å². The fourth-order valence-electron chi connectivity index (χ4n) is 1.63. The van der Waals surface area contributed by atoms with Crippen LogP contribution in [0.4, 0.5) is 10.1 Å². The lowest BCUT2D eigenvalue weighted by Gasteiger charge is -2.38. The molecule has 0 saturated carbocycles. The normalized spacial score (nSPS) is 17.4. The maximum Gasteiger partial charge on any atom is 0.237 e. The Hall–Kier alpha value is -1.46. The lowest BCUT2D eigenvalue weighted by Crippen LogP contribution is -2.54. The molecular weight excluding hydrogens is 225 g/mol. The van der Waals surface area contributed by atoms with Gasteiger partial charge in [0.2, 0.25) is 5.91 Å². The molecule has 4 nitrogen and oxygen atoms in total. The number of aryl methyl sites for hydroxylation is 1. The van der Waals surface area contributed by atoms with E-state index in [-0.39, 0.29) is 31.5 Å². The zero-order valence-electron chi connectivity index (χ0n) is 9.50. The standard InChI is InChI=1S/C12H14FNO3/c1-8-4-9(2-3-10(8)13)14-11(16)12(5-15)6-17-7-12/h2-4,15H,5-7H2,1H3,(H,14,16). The number of rotatable bonds is 3. The van der Waals surface area contributed by atoms with Gasteiger partial charge < -0.3 is 15.2 Å². The smallest absolute Gasteiger partial charge is 0.237 e. The molecular formula is C12H14FNO3. The SMILES string of the molecule is Cc1cc(NC(=O)C2(CO)COC2)ccc1F. The van der Waals surface area contributed by atoms with Crippen molar-refractivity contribution in [3.8, 4) is 0 Å². The van der Waals surface area contributed by atoms with Crippen LogP contribution in [0.25, 0.3) is 0 Å². The van der Waals surface area contributed by atoms with Gasteiger partial charge in [0.1, 0.15) is 11.2 Å². The van der Waals surface area contributed by atoms with Gasteiger partial charge in [0.15, 0.2) is 0 Å². The second-order valence-corrected chi connectivity index (χ2v) is 4.35. The molecule has 1 amide bonds. The van der Waals surface area contributed by atoms with Gasteiger partial charge in [-0.2, -0.15) is 0 Å². The second kappa shape index (κ2) is 4.43. The van der Waals surface area contributed by atoms with Gasteiger partial charge in [-0.1, -0.05) is 0 Å². The van der Waals surface area contributed by atoms with Crippen LogP contribution in [0.3, 0.4) is 0 Å². The predicted octanol–water partition coefficient (Wildman–Crippen LogP) is 1.08. The fraction of sp³-hybridized carbons (Fsp3) is 0.417. The number of benzene rings is 1. The van der Waals surface area contributed by atoms with Crippen molar-refractivity contribution in [2.24, 2.45) is 5.41 Å². The fourth-order valence-corrected chi connectivity index (χ4v) is 1.63. The molecule has 1 fully saturated rings. The lowest BCUT2D eigenvalue weighted by molar-refractivity contribution is -0.164. The van der Waals surface area contributed by atoms with E-state index in [0.717, 1.165) is 0 Å². The molecule has 1 aromatic rings. The Bertz CT molecular complexity index is 438. The Labute approximate surface area is 98.4 Å². The number of aliphatic hydroxyl groups excluding tert-OH is 1. The van der Waals surface area contributed by atoms with Gasteiger partial charge in [-0.25, -0.2) is 4.39 Å². The number of hydrogen-bond donors (Lipinski definition) is 2. The molecule has 1 aliphatic heterocycles. The highest BCUT2D eigenvalue weighted by molar-refractivity contribution is 5.96. The van der Waals surface area contributed by atoms with E-state index in [1.54, 1.807) is 13.0 Å². The summed E-state index contributed by atoms with van der Waals surface area (Å²) in [5, 5.41) is 11.8. The third kappa shape index (κ3) is 2.16. The Morgan fingerprint density at radius 1 is 1.59 bits per heavy atom. The molecule has 0 unspecified atom stereocenters. The Morgan fingerprint density at radius 3 is 2.76 bits per heavy atom. The second-order valence-electron chi connectivity index (χ2n) is 4.35. The molecule has 0 bridgehead atoms. The number of halogens is 1. The number of ether oxygens (including phenoxy) is 1. The molecule has 1 saturated heterocycles. The average Bonchev–Trinajstić information content (AvgIpc) is 2.23. The minimum atomic E-state index is -0.845. The van der Waals surface area contributed by atoms with E-state index >= 15 is 0 Å². The number of nitrogens with one attached hydrogen (secondary N) is 1. The van der Waals surface area contributed by atoms with Crippen LogP contribution in [0.5, 0.6) is 0 Å². The molecule has 0 spiro atoms. The molecule has 17 heavy (non-hydrogen) atoms. The number of carbonyl (C=O) groups is 1. The van der Waals surface area contributed by atoms with Crippen molar-refractivity contribution < 1.29 is 19.0 Å². The molecule has 0 radical (unpaired) electrons. The van der Waals surface area contributed by atoms with Crippen LogP contribution >= 0.6 is 0 Å². The highest BCUT2D eigenvalue weighted by Gasteiger charge is 2.45. The molecule has 1 aromatic carbocycles. The van der Waals surface area contributed by atoms with Crippen LogP contribution in [0.1, 0.15) is 5.56 Å². The van der Waals surface area contributed by atoms with Crippen molar-refractivity contribution in [2.45, 2.75) is 6.92 Å². The number of hydrogen-bond acceptors (Lipinski definition) is 3. The van der Waals surface area contributed by atoms with Crippen LogP contribution < -0.4 is 5.32 Å². The first kappa shape index (κ1) is 12.0. The quantitative estimate of drug-likeness (QED) is 0.829. The zero-order valence-corrected chi connectivity index (χ0v) is 9.50. The number of aliphatic hydroxyl groups is 1. The summed E-state index contributed by atoms with van der Waals surface area (Å²) in [5.41, 5.74) is 0.141. The Kier molecular flexibility index (Phi) is 3.13. The number of carbonyl (C=O) groups excluding carboxylic acids is 1. The van der Waals surface area contributed by atoms with Crippen molar-refractivity contribution in [3.63, 3.8) is 0 Å². The van der Waals surface area contributed by atoms with Crippen molar-refractivity contribution in [1.29, 1.82) is 0 Å². The summed E-state index contributed by atoms with van der Waals surface area (Å²) in [6.07, 6.45) is 0. The van der Waals surface area contributed by atoms with Crippen LogP contribution in [0, 0.1) is 18.2 Å². The van der Waals surface area contributed by atoms with Crippen molar-refractivity contribution in [2.75, 3.05) is 25.1 Å². The molecule has 0 atom stereocenters. The van der Waals surface area contributed by atoms with Crippen LogP contribution in [0.2, 0.25) is 0 Å². The zero-order chi connectivity index (χ0) is 12.5. The van der Waals surface area contributed by atoms with E-state index in [4.69, 9.17) is 4.74 Å². The molecule has 2 rings (SSSR count). The molecule has 1 heterocycles. The van der Waals surface area contributed by atoms with Crippen LogP contribution in [-0.2, 0) is 9.53 Å². The lowest BCUT2D eigenvalue weighted by atomic mass is 9.86. The summed E-state index contributed by atoms with van der Waals surface area (Å²) in [4.78, 5) is 11.9. The summed E-state index contributed by atoms with van der Waals surface area (Å²) in [6.45, 7) is 1.81. The minimum Gasteiger partial charge on any atom is -0.395 e. The first-order valence-electron chi connectivity index (χ1n) is 5.34. The molecule has 2 N–H and O–H groups in total. The van der Waals surface area contributed by atoms with Gasteiger partial charge in [0.05, 0.1) is 19.8 Å². The molecule has 1 aliphatic rings. The van der Waals surface area contributed by atoms with E-state index in [2.05, 4.69) is 5.32 Å². The average molecular weight is 239 g/mol. The maximum atomic E-state index is 13.0. The topological polar surface area (TPSA) is 58.6 Å². The summed E-state index contributed by atoms with van der Waals surface area (Å²) in [7, 11) is 0.